The van der Waals surface area contributed by atoms with Crippen molar-refractivity contribution in [2.75, 3.05) is 34.9 Å². The molecule has 5 heteroatoms. The van der Waals surface area contributed by atoms with Crippen LogP contribution in [0.3, 0.4) is 0 Å². The van der Waals surface area contributed by atoms with Crippen molar-refractivity contribution in [3.8, 4) is 0 Å². The Balaban J connectivity index is 4.69. The van der Waals surface area contributed by atoms with Gasteiger partial charge in [0.25, 0.3) is 0 Å². The Morgan fingerprint density at radius 1 is 1.19 bits per heavy atom. The van der Waals surface area contributed by atoms with Crippen LogP contribution in [0.5, 0.6) is 0 Å². The van der Waals surface area contributed by atoms with Gasteiger partial charge in [0, 0.05) is 12.6 Å². The number of hydrogen-bond donors (Lipinski definition) is 0. The zero-order valence-electron chi connectivity index (χ0n) is 10.0. The summed E-state index contributed by atoms with van der Waals surface area (Å²) in [7, 11) is 6.29. The first kappa shape index (κ1) is 14.4. The Morgan fingerprint density at radius 3 is 2.25 bits per heavy atom. The predicted octanol–water partition coefficient (Wildman–Crippen LogP) is 0.377. The second kappa shape index (κ2) is 7.64. The van der Waals surface area contributed by atoms with Crippen LogP contribution in [0.4, 0.5) is 0 Å². The molecule has 0 atom stereocenters. The van der Waals surface area contributed by atoms with Crippen LogP contribution in [-0.2, 0) is 19.1 Å². The molecule has 0 N–H and O–H groups in total. The van der Waals surface area contributed by atoms with Crippen LogP contribution >= 0.6 is 0 Å². The molecule has 0 bridgehead atoms. The fraction of sp³-hybridized carbons (Fsp3) is 0.455. The molecule has 0 unspecified atom stereocenters. The number of rotatable bonds is 5. The summed E-state index contributed by atoms with van der Waals surface area (Å²) in [5.41, 5.74) is 0.163. The van der Waals surface area contributed by atoms with E-state index in [1.807, 2.05) is 19.0 Å². The molecule has 90 valence electrons. The number of hydrogen-bond acceptors (Lipinski definition) is 5. The van der Waals surface area contributed by atoms with E-state index in [2.05, 4.69) is 9.47 Å². The van der Waals surface area contributed by atoms with Gasteiger partial charge in [0.15, 0.2) is 0 Å². The van der Waals surface area contributed by atoms with E-state index in [0.29, 0.717) is 6.54 Å². The summed E-state index contributed by atoms with van der Waals surface area (Å²) in [6.45, 7) is 0.662. The van der Waals surface area contributed by atoms with Crippen molar-refractivity contribution in [3.05, 3.63) is 23.8 Å². The first-order chi connectivity index (χ1) is 7.51. The first-order valence-corrected chi connectivity index (χ1v) is 4.70. The molecular formula is C11H17NO4. The van der Waals surface area contributed by atoms with Crippen LogP contribution in [-0.4, -0.2) is 51.7 Å². The summed E-state index contributed by atoms with van der Waals surface area (Å²) >= 11 is 0. The Labute approximate surface area is 95.3 Å². The molecule has 0 heterocycles. The number of carbonyl (C=O) groups excluding carboxylic acids is 2. The van der Waals surface area contributed by atoms with Gasteiger partial charge in [-0.1, -0.05) is 12.2 Å². The molecule has 5 nitrogen and oxygen atoms in total. The molecule has 0 rings (SSSR count). The van der Waals surface area contributed by atoms with E-state index in [9.17, 15) is 9.59 Å². The number of likely N-dealkylation sites (N-methyl/N-ethyl adjacent to an activating group) is 1. The average Bonchev–Trinajstić information content (AvgIpc) is 2.25. The molecule has 0 fully saturated rings. The minimum Gasteiger partial charge on any atom is -0.466 e. The van der Waals surface area contributed by atoms with Gasteiger partial charge in [-0.05, 0) is 14.1 Å². The summed E-state index contributed by atoms with van der Waals surface area (Å²) < 4.78 is 8.97. The molecule has 0 aliphatic rings. The van der Waals surface area contributed by atoms with E-state index in [-0.39, 0.29) is 5.57 Å². The van der Waals surface area contributed by atoms with Crippen molar-refractivity contribution in [2.24, 2.45) is 0 Å². The molecule has 0 aromatic heterocycles. The van der Waals surface area contributed by atoms with Gasteiger partial charge >= 0.3 is 11.9 Å². The summed E-state index contributed by atoms with van der Waals surface area (Å²) in [5.74, 6) is -1.16. The van der Waals surface area contributed by atoms with Crippen molar-refractivity contribution >= 4 is 11.9 Å². The van der Waals surface area contributed by atoms with E-state index in [1.54, 1.807) is 6.08 Å². The van der Waals surface area contributed by atoms with Gasteiger partial charge in [0.1, 0.15) is 0 Å². The van der Waals surface area contributed by atoms with Gasteiger partial charge in [-0.3, -0.25) is 0 Å². The van der Waals surface area contributed by atoms with Gasteiger partial charge in [0.2, 0.25) is 0 Å². The maximum atomic E-state index is 11.3. The highest BCUT2D eigenvalue weighted by atomic mass is 16.5. The monoisotopic (exact) mass is 227 g/mol. The van der Waals surface area contributed by atoms with Crippen molar-refractivity contribution in [1.82, 2.24) is 4.90 Å². The third-order valence-corrected chi connectivity index (χ3v) is 1.66. The highest BCUT2D eigenvalue weighted by molar-refractivity contribution is 5.98. The molecule has 0 aliphatic carbocycles. The van der Waals surface area contributed by atoms with Crippen LogP contribution < -0.4 is 0 Å². The van der Waals surface area contributed by atoms with Gasteiger partial charge in [0.05, 0.1) is 19.8 Å². The lowest BCUT2D eigenvalue weighted by atomic mass is 10.2. The zero-order chi connectivity index (χ0) is 12.6. The lowest BCUT2D eigenvalue weighted by Crippen LogP contribution is -2.11. The van der Waals surface area contributed by atoms with Crippen LogP contribution in [0.25, 0.3) is 0 Å². The maximum Gasteiger partial charge on any atom is 0.338 e. The van der Waals surface area contributed by atoms with Crippen molar-refractivity contribution in [2.45, 2.75) is 0 Å². The van der Waals surface area contributed by atoms with E-state index in [0.717, 1.165) is 6.08 Å². The van der Waals surface area contributed by atoms with E-state index >= 15 is 0 Å². The molecular weight excluding hydrogens is 210 g/mol. The number of ether oxygens (including phenoxy) is 2. The molecule has 0 aromatic rings. The second-order valence-electron chi connectivity index (χ2n) is 3.28. The van der Waals surface area contributed by atoms with Gasteiger partial charge in [-0.25, -0.2) is 9.59 Å². The van der Waals surface area contributed by atoms with Gasteiger partial charge in [-0.15, -0.1) is 0 Å². The first-order valence-electron chi connectivity index (χ1n) is 4.70. The minimum atomic E-state index is -0.588. The number of methoxy groups -OCH3 is 2. The third kappa shape index (κ3) is 5.98. The molecule has 0 aromatic carbocycles. The topological polar surface area (TPSA) is 55.8 Å². The largest absolute Gasteiger partial charge is 0.466 e. The molecule has 0 amide bonds. The number of esters is 2. The normalized spacial score (nSPS) is 11.9. The second-order valence-corrected chi connectivity index (χ2v) is 3.28. The summed E-state index contributed by atoms with van der Waals surface area (Å²) in [6.07, 6.45) is 4.38. The van der Waals surface area contributed by atoms with Crippen LogP contribution in [0.1, 0.15) is 0 Å². The predicted molar refractivity (Wildman–Crippen MR) is 59.8 cm³/mol. The minimum absolute atomic E-state index is 0.163. The standard InChI is InChI=1S/C11H17NO4/c1-12(2)7-5-6-9(11(14)16-4)8-10(13)15-3/h5-6,8H,7H2,1-4H3/b6-5+,9-8-. The summed E-state index contributed by atoms with van der Waals surface area (Å²) in [6, 6.07) is 0. The van der Waals surface area contributed by atoms with Crippen LogP contribution in [0, 0.1) is 0 Å². The zero-order valence-corrected chi connectivity index (χ0v) is 10.0. The van der Waals surface area contributed by atoms with E-state index < -0.39 is 11.9 Å². The molecule has 16 heavy (non-hydrogen) atoms. The lowest BCUT2D eigenvalue weighted by molar-refractivity contribution is -0.138. The van der Waals surface area contributed by atoms with Crippen molar-refractivity contribution < 1.29 is 19.1 Å². The fourth-order valence-electron chi connectivity index (χ4n) is 0.869. The van der Waals surface area contributed by atoms with E-state index in [4.69, 9.17) is 0 Å². The summed E-state index contributed by atoms with van der Waals surface area (Å²) in [4.78, 5) is 24.2. The lowest BCUT2D eigenvalue weighted by Gasteiger charge is -2.04. The quantitative estimate of drug-likeness (QED) is 0.386. The number of nitrogens with zero attached hydrogens (tertiary/aromatic N) is 1. The van der Waals surface area contributed by atoms with Crippen molar-refractivity contribution in [3.63, 3.8) is 0 Å². The Bertz CT molecular complexity index is 305. The molecule has 0 saturated carbocycles. The average molecular weight is 227 g/mol. The van der Waals surface area contributed by atoms with Crippen LogP contribution in [0.15, 0.2) is 23.8 Å². The van der Waals surface area contributed by atoms with Crippen LogP contribution in [0.2, 0.25) is 0 Å². The SMILES string of the molecule is COC(=O)/C=C(/C=C/CN(C)C)C(=O)OC. The fourth-order valence-corrected chi connectivity index (χ4v) is 0.869. The van der Waals surface area contributed by atoms with E-state index in [1.165, 1.54) is 20.3 Å². The Kier molecular flexibility index (Phi) is 6.87. The molecule has 0 saturated heterocycles. The van der Waals surface area contributed by atoms with Gasteiger partial charge < -0.3 is 14.4 Å². The van der Waals surface area contributed by atoms with Gasteiger partial charge in [-0.2, -0.15) is 0 Å². The smallest absolute Gasteiger partial charge is 0.338 e. The highest BCUT2D eigenvalue weighted by Gasteiger charge is 2.08. The maximum absolute atomic E-state index is 11.3. The molecule has 0 radical (unpaired) electrons. The summed E-state index contributed by atoms with van der Waals surface area (Å²) in [5, 5.41) is 0. The number of carbonyl (C=O) groups is 2. The Morgan fingerprint density at radius 2 is 1.81 bits per heavy atom. The molecule has 0 aliphatic heterocycles. The highest BCUT2D eigenvalue weighted by Crippen LogP contribution is 2.01. The van der Waals surface area contributed by atoms with Crippen molar-refractivity contribution in [1.29, 1.82) is 0 Å². The molecule has 0 spiro atoms. The third-order valence-electron chi connectivity index (χ3n) is 1.66. The Hall–Kier alpha value is -1.62.